The zero-order valence-corrected chi connectivity index (χ0v) is 12.2. The third kappa shape index (κ3) is 2.15. The molecule has 1 aliphatic rings. The van der Waals surface area contributed by atoms with Gasteiger partial charge in [-0.25, -0.2) is 14.8 Å². The van der Waals surface area contributed by atoms with Gasteiger partial charge in [-0.2, -0.15) is 0 Å². The minimum atomic E-state index is -1.06. The highest BCUT2D eigenvalue weighted by atomic mass is 16.5. The van der Waals surface area contributed by atoms with Crippen LogP contribution >= 0.6 is 0 Å². The highest BCUT2D eigenvalue weighted by Crippen LogP contribution is 2.33. The molecule has 4 N–H and O–H groups in total. The molecule has 0 bridgehead atoms. The van der Waals surface area contributed by atoms with Gasteiger partial charge in [0.1, 0.15) is 17.9 Å². The van der Waals surface area contributed by atoms with E-state index < -0.39 is 6.09 Å². The maximum absolute atomic E-state index is 10.8. The third-order valence-electron chi connectivity index (χ3n) is 4.02. The molecule has 1 aliphatic heterocycles. The molecule has 1 atom stereocenters. The van der Waals surface area contributed by atoms with E-state index >= 15 is 0 Å². The smallest absolute Gasteiger partial charge is 0.404 e. The van der Waals surface area contributed by atoms with E-state index in [0.717, 1.165) is 22.2 Å². The Kier molecular flexibility index (Phi) is 3.05. The first-order valence-electron chi connectivity index (χ1n) is 7.24. The van der Waals surface area contributed by atoms with E-state index in [-0.39, 0.29) is 12.6 Å². The molecular formula is C15H15N5O3. The van der Waals surface area contributed by atoms with Crippen molar-refractivity contribution >= 4 is 33.8 Å². The van der Waals surface area contributed by atoms with Crippen LogP contribution < -0.4 is 11.1 Å². The molecule has 23 heavy (non-hydrogen) atoms. The number of carbonyl (C=O) groups is 1. The fraction of sp³-hybridized carbons (Fsp3) is 0.267. The number of rotatable bonds is 2. The Balaban J connectivity index is 1.97. The van der Waals surface area contributed by atoms with Gasteiger partial charge in [0.05, 0.1) is 23.7 Å². The number of nitrogen functional groups attached to an aromatic ring is 1. The van der Waals surface area contributed by atoms with Crippen LogP contribution in [0.4, 0.5) is 10.6 Å². The lowest BCUT2D eigenvalue weighted by Gasteiger charge is -2.26. The number of aromatic nitrogens is 3. The Morgan fingerprint density at radius 2 is 2.26 bits per heavy atom. The molecule has 0 saturated heterocycles. The van der Waals surface area contributed by atoms with Crippen molar-refractivity contribution in [3.05, 3.63) is 30.1 Å². The van der Waals surface area contributed by atoms with Crippen molar-refractivity contribution < 1.29 is 14.6 Å². The van der Waals surface area contributed by atoms with Crippen molar-refractivity contribution in [3.8, 4) is 0 Å². The van der Waals surface area contributed by atoms with Crippen LogP contribution in [0.15, 0.2) is 24.3 Å². The molecule has 1 amide bonds. The van der Waals surface area contributed by atoms with Crippen LogP contribution in [0.2, 0.25) is 0 Å². The number of benzene rings is 1. The molecule has 4 rings (SSSR count). The Labute approximate surface area is 130 Å². The zero-order valence-electron chi connectivity index (χ0n) is 12.2. The number of hydrogen-bond donors (Lipinski definition) is 3. The van der Waals surface area contributed by atoms with E-state index in [9.17, 15) is 4.79 Å². The van der Waals surface area contributed by atoms with E-state index in [0.29, 0.717) is 24.5 Å². The van der Waals surface area contributed by atoms with Crippen LogP contribution in [0.5, 0.6) is 0 Å². The summed E-state index contributed by atoms with van der Waals surface area (Å²) in [4.78, 5) is 19.8. The summed E-state index contributed by atoms with van der Waals surface area (Å²) in [6, 6.07) is 7.53. The number of carboxylic acid groups (broad SMARTS) is 1. The summed E-state index contributed by atoms with van der Waals surface area (Å²) in [5.41, 5.74) is 8.36. The Morgan fingerprint density at radius 1 is 1.43 bits per heavy atom. The van der Waals surface area contributed by atoms with Gasteiger partial charge in [-0.3, -0.25) is 0 Å². The van der Waals surface area contributed by atoms with Crippen molar-refractivity contribution in [2.24, 2.45) is 0 Å². The molecule has 0 fully saturated rings. The van der Waals surface area contributed by atoms with Gasteiger partial charge in [0.2, 0.25) is 0 Å². The number of nitrogens with one attached hydrogen (secondary N) is 1. The van der Waals surface area contributed by atoms with Crippen LogP contribution in [-0.4, -0.2) is 38.9 Å². The number of nitrogens with zero attached hydrogens (tertiary/aromatic N) is 3. The van der Waals surface area contributed by atoms with E-state index in [1.165, 1.54) is 0 Å². The molecule has 8 nitrogen and oxygen atoms in total. The molecule has 3 aromatic rings. The van der Waals surface area contributed by atoms with Crippen LogP contribution in [0.3, 0.4) is 0 Å². The van der Waals surface area contributed by atoms with E-state index in [1.807, 2.05) is 28.8 Å². The van der Waals surface area contributed by atoms with Crippen molar-refractivity contribution in [1.29, 1.82) is 0 Å². The quantitative estimate of drug-likeness (QED) is 0.660. The lowest BCUT2D eigenvalue weighted by atomic mass is 10.1. The highest BCUT2D eigenvalue weighted by molar-refractivity contribution is 6.06. The summed E-state index contributed by atoms with van der Waals surface area (Å²) in [6.45, 7) is 1.02. The van der Waals surface area contributed by atoms with Crippen molar-refractivity contribution in [1.82, 2.24) is 19.9 Å². The number of ether oxygens (including phenoxy) is 1. The number of fused-ring (bicyclic) bond motifs is 5. The average Bonchev–Trinajstić information content (AvgIpc) is 2.94. The van der Waals surface area contributed by atoms with Crippen molar-refractivity contribution in [2.75, 3.05) is 18.9 Å². The van der Waals surface area contributed by atoms with Crippen molar-refractivity contribution in [3.63, 3.8) is 0 Å². The van der Waals surface area contributed by atoms with Gasteiger partial charge in [-0.15, -0.1) is 0 Å². The summed E-state index contributed by atoms with van der Waals surface area (Å²) in [5, 5.41) is 12.2. The lowest BCUT2D eigenvalue weighted by Crippen LogP contribution is -2.35. The van der Waals surface area contributed by atoms with Gasteiger partial charge in [-0.1, -0.05) is 18.2 Å². The van der Waals surface area contributed by atoms with Crippen LogP contribution in [0, 0.1) is 0 Å². The molecule has 0 radical (unpaired) electrons. The first kappa shape index (κ1) is 13.8. The number of anilines is 1. The molecule has 0 aliphatic carbocycles. The van der Waals surface area contributed by atoms with Gasteiger partial charge in [0.15, 0.2) is 5.82 Å². The summed E-state index contributed by atoms with van der Waals surface area (Å²) in [5.74, 6) is 1.10. The number of imidazole rings is 1. The Hall–Kier alpha value is -2.87. The van der Waals surface area contributed by atoms with Crippen LogP contribution in [0.25, 0.3) is 21.9 Å². The zero-order chi connectivity index (χ0) is 16.0. The third-order valence-corrected chi connectivity index (χ3v) is 4.02. The molecule has 0 unspecified atom stereocenters. The summed E-state index contributed by atoms with van der Waals surface area (Å²) < 4.78 is 7.57. The maximum Gasteiger partial charge on any atom is 0.404 e. The van der Waals surface area contributed by atoms with E-state index in [1.54, 1.807) is 0 Å². The van der Waals surface area contributed by atoms with Crippen LogP contribution in [-0.2, 0) is 11.3 Å². The fourth-order valence-electron chi connectivity index (χ4n) is 3.08. The lowest BCUT2D eigenvalue weighted by molar-refractivity contribution is 0.0566. The standard InChI is InChI=1S/C15H15N5O3/c16-14-12-13(9-3-1-2-4-10(9)18-14)20-8(5-17-15(21)22)6-23-7-11(20)19-12/h1-4,8,17H,5-7H2,(H2,16,18)(H,21,22)/t8-/m0/s1. The number of nitrogens with two attached hydrogens (primary N) is 1. The summed E-state index contributed by atoms with van der Waals surface area (Å²) >= 11 is 0. The Morgan fingerprint density at radius 3 is 3.09 bits per heavy atom. The highest BCUT2D eigenvalue weighted by Gasteiger charge is 2.26. The largest absolute Gasteiger partial charge is 0.465 e. The number of hydrogen-bond acceptors (Lipinski definition) is 5. The van der Waals surface area contributed by atoms with Gasteiger partial charge < -0.3 is 25.5 Å². The summed E-state index contributed by atoms with van der Waals surface area (Å²) in [6.07, 6.45) is -1.06. The number of pyridine rings is 1. The number of amides is 1. The van der Waals surface area contributed by atoms with E-state index in [2.05, 4.69) is 15.3 Å². The first-order valence-corrected chi connectivity index (χ1v) is 7.24. The second kappa shape index (κ2) is 5.10. The van der Waals surface area contributed by atoms with Crippen molar-refractivity contribution in [2.45, 2.75) is 12.6 Å². The normalized spacial score (nSPS) is 17.3. The molecule has 118 valence electrons. The van der Waals surface area contributed by atoms with Gasteiger partial charge >= 0.3 is 6.09 Å². The molecule has 1 aromatic carbocycles. The van der Waals surface area contributed by atoms with Gasteiger partial charge in [0.25, 0.3) is 0 Å². The molecular weight excluding hydrogens is 298 g/mol. The molecule has 0 saturated carbocycles. The maximum atomic E-state index is 10.8. The SMILES string of the molecule is Nc1nc2ccccc2c2c1nc1n2[C@@H](CNC(=O)O)COC1. The predicted molar refractivity (Wildman–Crippen MR) is 84.2 cm³/mol. The average molecular weight is 313 g/mol. The fourth-order valence-corrected chi connectivity index (χ4v) is 3.08. The van der Waals surface area contributed by atoms with Crippen LogP contribution in [0.1, 0.15) is 11.9 Å². The first-order chi connectivity index (χ1) is 11.1. The molecule has 2 aromatic heterocycles. The predicted octanol–water partition coefficient (Wildman–Crippen LogP) is 1.51. The topological polar surface area (TPSA) is 115 Å². The molecule has 8 heteroatoms. The second-order valence-electron chi connectivity index (χ2n) is 5.46. The minimum Gasteiger partial charge on any atom is -0.465 e. The summed E-state index contributed by atoms with van der Waals surface area (Å²) in [7, 11) is 0. The van der Waals surface area contributed by atoms with Gasteiger partial charge in [-0.05, 0) is 6.07 Å². The Bertz CT molecular complexity index is 920. The van der Waals surface area contributed by atoms with E-state index in [4.69, 9.17) is 15.6 Å². The second-order valence-corrected chi connectivity index (χ2v) is 5.46. The molecule has 3 heterocycles. The minimum absolute atomic E-state index is 0.176. The number of para-hydroxylation sites is 1. The monoisotopic (exact) mass is 313 g/mol. The molecule has 0 spiro atoms. The van der Waals surface area contributed by atoms with Gasteiger partial charge in [0, 0.05) is 11.9 Å².